The molecule has 1 heterocycles. The molecule has 0 spiro atoms. The molecule has 0 saturated carbocycles. The molecule has 0 unspecified atom stereocenters. The summed E-state index contributed by atoms with van der Waals surface area (Å²) >= 11 is 4.02. The number of hydrogen-bond acceptors (Lipinski definition) is 6. The first-order chi connectivity index (χ1) is 12.8. The van der Waals surface area contributed by atoms with Gasteiger partial charge in [0, 0.05) is 16.5 Å². The highest BCUT2D eigenvalue weighted by molar-refractivity contribution is 7.80. The Labute approximate surface area is 156 Å². The van der Waals surface area contributed by atoms with Crippen molar-refractivity contribution in [3.05, 3.63) is 48.5 Å². The van der Waals surface area contributed by atoms with Gasteiger partial charge in [0.25, 0.3) is 5.91 Å². The van der Waals surface area contributed by atoms with Gasteiger partial charge >= 0.3 is 0 Å². The lowest BCUT2D eigenvalue weighted by Gasteiger charge is -2.12. The Morgan fingerprint density at radius 3 is 2.19 bits per heavy atom. The summed E-state index contributed by atoms with van der Waals surface area (Å²) in [6.45, 7) is 0.489. The Balaban J connectivity index is 1.66. The van der Waals surface area contributed by atoms with E-state index in [0.29, 0.717) is 12.4 Å². The molecule has 0 atom stereocenters. The van der Waals surface area contributed by atoms with Crippen LogP contribution in [0.5, 0.6) is 0 Å². The van der Waals surface area contributed by atoms with Crippen LogP contribution in [0.25, 0.3) is 21.8 Å². The number of carbonyl (C=O) groups excluding carboxylic acids is 1. The van der Waals surface area contributed by atoms with Crippen LogP contribution in [-0.4, -0.2) is 43.4 Å². The van der Waals surface area contributed by atoms with E-state index in [4.69, 9.17) is 14.2 Å². The third-order valence-electron chi connectivity index (χ3n) is 3.65. The molecule has 1 amide bonds. The van der Waals surface area contributed by atoms with Gasteiger partial charge < -0.3 is 19.5 Å². The maximum atomic E-state index is 12.3. The van der Waals surface area contributed by atoms with Crippen molar-refractivity contribution < 1.29 is 19.0 Å². The molecule has 0 radical (unpaired) electrons. The highest BCUT2D eigenvalue weighted by Crippen LogP contribution is 2.30. The minimum Gasteiger partial charge on any atom is -0.354 e. The van der Waals surface area contributed by atoms with Crippen molar-refractivity contribution in [2.45, 2.75) is 0 Å². The summed E-state index contributed by atoms with van der Waals surface area (Å²) in [5.41, 5.74) is 2.39. The number of rotatable bonds is 9. The Kier molecular flexibility index (Phi) is 6.79. The number of ether oxygens (including phenoxy) is 3. The second-order valence-electron chi connectivity index (χ2n) is 5.49. The average Bonchev–Trinajstić information content (AvgIpc) is 2.67. The van der Waals surface area contributed by atoms with Gasteiger partial charge in [0.05, 0.1) is 23.3 Å². The summed E-state index contributed by atoms with van der Waals surface area (Å²) < 4.78 is 15.4. The summed E-state index contributed by atoms with van der Waals surface area (Å²) in [6.07, 6.45) is 0. The van der Waals surface area contributed by atoms with E-state index in [-0.39, 0.29) is 26.1 Å². The number of nitrogens with one attached hydrogen (secondary N) is 1. The molecular formula is C19H20N2O4S. The van der Waals surface area contributed by atoms with E-state index in [0.717, 1.165) is 27.5 Å². The van der Waals surface area contributed by atoms with Crippen LogP contribution in [0, 0.1) is 0 Å². The van der Waals surface area contributed by atoms with Crippen molar-refractivity contribution in [3.63, 3.8) is 0 Å². The van der Waals surface area contributed by atoms with Gasteiger partial charge in [-0.1, -0.05) is 36.4 Å². The first kappa shape index (κ1) is 18.6. The van der Waals surface area contributed by atoms with Crippen molar-refractivity contribution in [1.29, 1.82) is 0 Å². The number of aromatic nitrogens is 1. The fraction of sp³-hybridized carbons (Fsp3) is 0.263. The molecule has 7 heteroatoms. The molecule has 3 rings (SSSR count). The van der Waals surface area contributed by atoms with Crippen molar-refractivity contribution >= 4 is 46.0 Å². The van der Waals surface area contributed by atoms with E-state index >= 15 is 0 Å². The normalized spacial score (nSPS) is 11.1. The molecule has 0 aliphatic rings. The van der Waals surface area contributed by atoms with Crippen LogP contribution >= 0.6 is 12.6 Å². The third kappa shape index (κ3) is 4.70. The zero-order valence-corrected chi connectivity index (χ0v) is 15.1. The van der Waals surface area contributed by atoms with Gasteiger partial charge in [-0.05, 0) is 12.1 Å². The minimum atomic E-state index is -0.258. The van der Waals surface area contributed by atoms with Gasteiger partial charge in [-0.15, -0.1) is 0 Å². The predicted molar refractivity (Wildman–Crippen MR) is 104 cm³/mol. The van der Waals surface area contributed by atoms with Crippen molar-refractivity contribution in [2.75, 3.05) is 37.9 Å². The van der Waals surface area contributed by atoms with Crippen LogP contribution in [0.2, 0.25) is 0 Å². The summed E-state index contributed by atoms with van der Waals surface area (Å²) in [7, 11) is 0. The molecule has 6 nitrogen and oxygen atoms in total. The van der Waals surface area contributed by atoms with E-state index in [1.807, 2.05) is 48.5 Å². The summed E-state index contributed by atoms with van der Waals surface area (Å²) in [5.74, 6) is 0.367. The van der Waals surface area contributed by atoms with E-state index in [9.17, 15) is 4.79 Å². The largest absolute Gasteiger partial charge is 0.354 e. The van der Waals surface area contributed by atoms with Gasteiger partial charge in [-0.2, -0.15) is 12.6 Å². The number of hydrogen-bond donors (Lipinski definition) is 2. The summed E-state index contributed by atoms with van der Waals surface area (Å²) in [6, 6.07) is 15.4. The second-order valence-corrected chi connectivity index (χ2v) is 5.94. The maximum Gasteiger partial charge on any atom is 0.250 e. The average molecular weight is 372 g/mol. The fourth-order valence-electron chi connectivity index (χ4n) is 2.56. The first-order valence-corrected chi connectivity index (χ1v) is 8.84. The van der Waals surface area contributed by atoms with Crippen molar-refractivity contribution in [2.24, 2.45) is 0 Å². The lowest BCUT2D eigenvalue weighted by atomic mass is 10.1. The third-order valence-corrected chi connectivity index (χ3v) is 3.84. The number of nitrogens with zero attached hydrogens (tertiary/aromatic N) is 1. The van der Waals surface area contributed by atoms with Crippen LogP contribution in [0.4, 0.5) is 5.69 Å². The molecule has 0 bridgehead atoms. The molecular weight excluding hydrogens is 352 g/mol. The first-order valence-electron chi connectivity index (χ1n) is 8.21. The molecule has 2 aromatic carbocycles. The molecule has 1 aromatic heterocycles. The number of para-hydroxylation sites is 2. The Hall–Kier alpha value is -2.19. The number of anilines is 1. The van der Waals surface area contributed by atoms with Gasteiger partial charge in [-0.25, -0.2) is 4.98 Å². The number of benzene rings is 2. The van der Waals surface area contributed by atoms with Crippen LogP contribution in [0.3, 0.4) is 0 Å². The Bertz CT molecular complexity index is 834. The molecule has 3 aromatic rings. The molecule has 136 valence electrons. The van der Waals surface area contributed by atoms with E-state index in [1.165, 1.54) is 0 Å². The van der Waals surface area contributed by atoms with E-state index < -0.39 is 0 Å². The minimum absolute atomic E-state index is 0.0160. The number of amides is 1. The smallest absolute Gasteiger partial charge is 0.250 e. The van der Waals surface area contributed by atoms with Gasteiger partial charge in [0.15, 0.2) is 0 Å². The van der Waals surface area contributed by atoms with Gasteiger partial charge in [0.2, 0.25) is 0 Å². The number of fused-ring (bicyclic) bond motifs is 2. The predicted octanol–water partition coefficient (Wildman–Crippen LogP) is 3.22. The van der Waals surface area contributed by atoms with Crippen LogP contribution < -0.4 is 5.32 Å². The van der Waals surface area contributed by atoms with Gasteiger partial charge in [-0.3, -0.25) is 4.79 Å². The SMILES string of the molecule is O=C(COCOCOCCS)Nc1c2ccccc2nc2ccccc12. The lowest BCUT2D eigenvalue weighted by Crippen LogP contribution is -2.20. The zero-order valence-electron chi connectivity index (χ0n) is 14.2. The molecule has 0 aliphatic carbocycles. The van der Waals surface area contributed by atoms with Crippen LogP contribution in [0.1, 0.15) is 0 Å². The number of thiol groups is 1. The molecule has 0 saturated heterocycles. The quantitative estimate of drug-likeness (QED) is 0.261. The molecule has 0 aliphatic heterocycles. The van der Waals surface area contributed by atoms with E-state index in [2.05, 4.69) is 22.9 Å². The van der Waals surface area contributed by atoms with Crippen molar-refractivity contribution in [3.8, 4) is 0 Å². The highest BCUT2D eigenvalue weighted by Gasteiger charge is 2.11. The highest BCUT2D eigenvalue weighted by atomic mass is 32.1. The number of carbonyl (C=O) groups is 1. The Morgan fingerprint density at radius 1 is 0.923 bits per heavy atom. The monoisotopic (exact) mass is 372 g/mol. The second kappa shape index (κ2) is 9.49. The topological polar surface area (TPSA) is 69.7 Å². The summed E-state index contributed by atoms with van der Waals surface area (Å²) in [4.78, 5) is 16.9. The maximum absolute atomic E-state index is 12.3. The zero-order chi connectivity index (χ0) is 18.2. The van der Waals surface area contributed by atoms with Gasteiger partial charge in [0.1, 0.15) is 20.2 Å². The summed E-state index contributed by atoms with van der Waals surface area (Å²) in [5, 5.41) is 4.71. The lowest BCUT2D eigenvalue weighted by molar-refractivity contribution is -0.142. The molecule has 1 N–H and O–H groups in total. The standard InChI is InChI=1S/C19H20N2O4S/c22-18(11-24-13-25-12-23-9-10-26)21-19-14-5-1-3-7-16(14)20-17-8-4-2-6-15(17)19/h1-8,26H,9-13H2,(H,20,21,22). The van der Waals surface area contributed by atoms with Crippen LogP contribution in [-0.2, 0) is 19.0 Å². The Morgan fingerprint density at radius 2 is 1.54 bits per heavy atom. The van der Waals surface area contributed by atoms with Crippen LogP contribution in [0.15, 0.2) is 48.5 Å². The fourth-order valence-corrected chi connectivity index (χ4v) is 2.69. The number of pyridine rings is 1. The molecule has 0 fully saturated rings. The van der Waals surface area contributed by atoms with Crippen molar-refractivity contribution in [1.82, 2.24) is 4.98 Å². The van der Waals surface area contributed by atoms with E-state index in [1.54, 1.807) is 0 Å². The molecule has 26 heavy (non-hydrogen) atoms.